The maximum atomic E-state index is 11.6. The van der Waals surface area contributed by atoms with Crippen LogP contribution in [0.2, 0.25) is 0 Å². The standard InChI is InChI=1S/C10H14N2O5/c1-3-5-12(6-7(13)14)9(15)8(11)10(16)17-4-2/h1,8H,4-6,11H2,2H3,(H,13,14). The Kier molecular flexibility index (Phi) is 6.36. The zero-order chi connectivity index (χ0) is 13.4. The van der Waals surface area contributed by atoms with E-state index in [1.54, 1.807) is 6.92 Å². The van der Waals surface area contributed by atoms with Crippen LogP contribution in [0.25, 0.3) is 0 Å². The SMILES string of the molecule is C#CCN(CC(=O)O)C(=O)C(N)C(=O)OCC. The molecule has 0 heterocycles. The molecule has 0 bridgehead atoms. The molecular formula is C10H14N2O5. The summed E-state index contributed by atoms with van der Waals surface area (Å²) in [6, 6.07) is -1.55. The van der Waals surface area contributed by atoms with Gasteiger partial charge in [0.1, 0.15) is 6.54 Å². The zero-order valence-electron chi connectivity index (χ0n) is 9.38. The van der Waals surface area contributed by atoms with Gasteiger partial charge in [-0.2, -0.15) is 0 Å². The molecule has 0 fully saturated rings. The van der Waals surface area contributed by atoms with E-state index in [0.717, 1.165) is 4.90 Å². The second-order valence-corrected chi connectivity index (χ2v) is 3.02. The first-order valence-electron chi connectivity index (χ1n) is 4.80. The smallest absolute Gasteiger partial charge is 0.332 e. The van der Waals surface area contributed by atoms with Crippen molar-refractivity contribution in [1.82, 2.24) is 4.90 Å². The van der Waals surface area contributed by atoms with Gasteiger partial charge in [0.15, 0.2) is 6.04 Å². The van der Waals surface area contributed by atoms with Crippen molar-refractivity contribution >= 4 is 17.8 Å². The fraction of sp³-hybridized carbons (Fsp3) is 0.500. The van der Waals surface area contributed by atoms with Gasteiger partial charge in [-0.1, -0.05) is 5.92 Å². The van der Waals surface area contributed by atoms with E-state index in [1.807, 2.05) is 0 Å². The van der Waals surface area contributed by atoms with Gasteiger partial charge in [0.25, 0.3) is 5.91 Å². The van der Waals surface area contributed by atoms with E-state index in [0.29, 0.717) is 0 Å². The molecule has 0 aromatic carbocycles. The van der Waals surface area contributed by atoms with E-state index in [9.17, 15) is 14.4 Å². The lowest BCUT2D eigenvalue weighted by Crippen LogP contribution is -2.50. The highest BCUT2D eigenvalue weighted by atomic mass is 16.5. The van der Waals surface area contributed by atoms with Gasteiger partial charge in [-0.3, -0.25) is 9.59 Å². The Bertz CT molecular complexity index is 347. The topological polar surface area (TPSA) is 110 Å². The third-order valence-corrected chi connectivity index (χ3v) is 1.73. The van der Waals surface area contributed by atoms with Crippen molar-refractivity contribution in [3.05, 3.63) is 0 Å². The number of ether oxygens (including phenoxy) is 1. The summed E-state index contributed by atoms with van der Waals surface area (Å²) < 4.78 is 4.55. The van der Waals surface area contributed by atoms with Crippen LogP contribution in [-0.2, 0) is 19.1 Å². The van der Waals surface area contributed by atoms with E-state index < -0.39 is 30.4 Å². The summed E-state index contributed by atoms with van der Waals surface area (Å²) in [7, 11) is 0. The second kappa shape index (κ2) is 7.24. The molecule has 0 rings (SSSR count). The van der Waals surface area contributed by atoms with Crippen LogP contribution in [0.3, 0.4) is 0 Å². The minimum absolute atomic E-state index is 0.0773. The monoisotopic (exact) mass is 242 g/mol. The fourth-order valence-corrected chi connectivity index (χ4v) is 1.01. The van der Waals surface area contributed by atoms with Crippen molar-refractivity contribution in [3.8, 4) is 12.3 Å². The zero-order valence-corrected chi connectivity index (χ0v) is 9.38. The number of carbonyl (C=O) groups excluding carboxylic acids is 2. The first-order chi connectivity index (χ1) is 7.93. The minimum atomic E-state index is -1.55. The van der Waals surface area contributed by atoms with E-state index in [1.165, 1.54) is 0 Å². The number of terminal acetylenes is 1. The van der Waals surface area contributed by atoms with Crippen molar-refractivity contribution in [2.75, 3.05) is 19.7 Å². The quantitative estimate of drug-likeness (QED) is 0.330. The molecule has 0 aromatic rings. The summed E-state index contributed by atoms with van der Waals surface area (Å²) in [6.45, 7) is 0.786. The first kappa shape index (κ1) is 14.9. The van der Waals surface area contributed by atoms with Crippen molar-refractivity contribution in [3.63, 3.8) is 0 Å². The van der Waals surface area contributed by atoms with Crippen LogP contribution in [0.4, 0.5) is 0 Å². The molecule has 1 amide bonds. The Morgan fingerprint density at radius 2 is 2.12 bits per heavy atom. The highest BCUT2D eigenvalue weighted by molar-refractivity contribution is 6.02. The Balaban J connectivity index is 4.65. The highest BCUT2D eigenvalue weighted by Gasteiger charge is 2.28. The van der Waals surface area contributed by atoms with Crippen molar-refractivity contribution in [2.45, 2.75) is 13.0 Å². The Hall–Kier alpha value is -2.07. The average Bonchev–Trinajstić information content (AvgIpc) is 2.26. The van der Waals surface area contributed by atoms with Gasteiger partial charge in [0.05, 0.1) is 13.2 Å². The first-order valence-corrected chi connectivity index (χ1v) is 4.80. The van der Waals surface area contributed by atoms with Crippen LogP contribution in [0.5, 0.6) is 0 Å². The Morgan fingerprint density at radius 3 is 2.53 bits per heavy atom. The van der Waals surface area contributed by atoms with Crippen LogP contribution >= 0.6 is 0 Å². The van der Waals surface area contributed by atoms with Gasteiger partial charge in [0.2, 0.25) is 0 Å². The number of nitrogens with zero attached hydrogens (tertiary/aromatic N) is 1. The summed E-state index contributed by atoms with van der Waals surface area (Å²) in [5, 5.41) is 8.56. The Morgan fingerprint density at radius 1 is 1.53 bits per heavy atom. The minimum Gasteiger partial charge on any atom is -0.480 e. The van der Waals surface area contributed by atoms with E-state index in [2.05, 4.69) is 10.7 Å². The third kappa shape index (κ3) is 4.99. The molecule has 0 aliphatic heterocycles. The maximum absolute atomic E-state index is 11.6. The number of nitrogens with two attached hydrogens (primary N) is 1. The van der Waals surface area contributed by atoms with E-state index in [-0.39, 0.29) is 13.2 Å². The van der Waals surface area contributed by atoms with Gasteiger partial charge < -0.3 is 20.5 Å². The molecule has 0 aliphatic carbocycles. The molecule has 7 nitrogen and oxygen atoms in total. The molecule has 94 valence electrons. The normalized spacial score (nSPS) is 11.1. The second-order valence-electron chi connectivity index (χ2n) is 3.02. The third-order valence-electron chi connectivity index (χ3n) is 1.73. The lowest BCUT2D eigenvalue weighted by molar-refractivity contribution is -0.153. The molecule has 0 saturated carbocycles. The van der Waals surface area contributed by atoms with Gasteiger partial charge in [-0.15, -0.1) is 6.42 Å². The number of hydrogen-bond acceptors (Lipinski definition) is 5. The number of carboxylic acid groups (broad SMARTS) is 1. The van der Waals surface area contributed by atoms with E-state index >= 15 is 0 Å². The predicted octanol–water partition coefficient (Wildman–Crippen LogP) is -1.58. The van der Waals surface area contributed by atoms with Crippen LogP contribution in [0.1, 0.15) is 6.92 Å². The van der Waals surface area contributed by atoms with Crippen molar-refractivity contribution < 1.29 is 24.2 Å². The van der Waals surface area contributed by atoms with Gasteiger partial charge in [-0.25, -0.2) is 4.79 Å². The number of esters is 1. The summed E-state index contributed by atoms with van der Waals surface area (Å²) in [5.74, 6) is -0.915. The van der Waals surface area contributed by atoms with Gasteiger partial charge >= 0.3 is 11.9 Å². The van der Waals surface area contributed by atoms with E-state index in [4.69, 9.17) is 17.3 Å². The average molecular weight is 242 g/mol. The number of amides is 1. The number of rotatable bonds is 6. The number of carbonyl (C=O) groups is 3. The lowest BCUT2D eigenvalue weighted by Gasteiger charge is -2.20. The lowest BCUT2D eigenvalue weighted by atomic mass is 10.2. The highest BCUT2D eigenvalue weighted by Crippen LogP contribution is 1.96. The summed E-state index contributed by atoms with van der Waals surface area (Å²) in [6.07, 6.45) is 4.98. The van der Waals surface area contributed by atoms with Crippen molar-refractivity contribution in [2.24, 2.45) is 5.73 Å². The van der Waals surface area contributed by atoms with Crippen LogP contribution in [0.15, 0.2) is 0 Å². The molecule has 0 aromatic heterocycles. The van der Waals surface area contributed by atoms with Crippen LogP contribution in [0, 0.1) is 12.3 Å². The van der Waals surface area contributed by atoms with Crippen LogP contribution in [-0.4, -0.2) is 53.6 Å². The summed E-state index contributed by atoms with van der Waals surface area (Å²) >= 11 is 0. The molecule has 0 radical (unpaired) electrons. The molecule has 1 unspecified atom stereocenters. The molecular weight excluding hydrogens is 228 g/mol. The summed E-state index contributed by atoms with van der Waals surface area (Å²) in [4.78, 5) is 34.1. The molecule has 3 N–H and O–H groups in total. The fourth-order valence-electron chi connectivity index (χ4n) is 1.01. The van der Waals surface area contributed by atoms with Gasteiger partial charge in [-0.05, 0) is 6.92 Å². The summed E-state index contributed by atoms with van der Waals surface area (Å²) in [5.41, 5.74) is 5.33. The molecule has 0 spiro atoms. The molecule has 17 heavy (non-hydrogen) atoms. The van der Waals surface area contributed by atoms with Crippen molar-refractivity contribution in [1.29, 1.82) is 0 Å². The number of carboxylic acids is 1. The van der Waals surface area contributed by atoms with Crippen LogP contribution < -0.4 is 5.73 Å². The molecule has 1 atom stereocenters. The number of aliphatic carboxylic acids is 1. The predicted molar refractivity (Wildman–Crippen MR) is 57.7 cm³/mol. The Labute approximate surface area is 98.5 Å². The number of hydrogen-bond donors (Lipinski definition) is 2. The molecule has 0 aliphatic rings. The largest absolute Gasteiger partial charge is 0.480 e. The maximum Gasteiger partial charge on any atom is 0.332 e. The molecule has 7 heteroatoms. The molecule has 0 saturated heterocycles. The van der Waals surface area contributed by atoms with Gasteiger partial charge in [0, 0.05) is 0 Å².